The summed E-state index contributed by atoms with van der Waals surface area (Å²) in [6, 6.07) is 0. The molecule has 0 aromatic rings. The fourth-order valence-corrected chi connectivity index (χ4v) is 0.515. The molecule has 0 N–H and O–H groups in total. The zero-order chi connectivity index (χ0) is 9.07. The quantitative estimate of drug-likeness (QED) is 0.454. The van der Waals surface area contributed by atoms with Crippen molar-refractivity contribution in [2.45, 2.75) is 26.4 Å². The lowest BCUT2D eigenvalue weighted by Crippen LogP contribution is -2.46. The van der Waals surface area contributed by atoms with Crippen LogP contribution in [0.5, 0.6) is 0 Å². The maximum atomic E-state index is 5.51. The molecule has 2 unspecified atom stereocenters. The molecular weight excluding hydrogens is 142 g/mol. The molecule has 0 aliphatic rings. The Morgan fingerprint density at radius 1 is 1.09 bits per heavy atom. The van der Waals surface area contributed by atoms with Crippen molar-refractivity contribution in [1.82, 2.24) is 0 Å². The highest BCUT2D eigenvalue weighted by Crippen LogP contribution is 2.06. The largest absolute Gasteiger partial charge is 0.356 e. The highest BCUT2D eigenvalue weighted by Gasteiger charge is 2.20. The Kier molecular flexibility index (Phi) is 4.00. The topological polar surface area (TPSA) is 18.5 Å². The number of hydrogen-bond donors (Lipinski definition) is 0. The lowest BCUT2D eigenvalue weighted by molar-refractivity contribution is -0.919. The van der Waals surface area contributed by atoms with Crippen molar-refractivity contribution in [2.75, 3.05) is 28.3 Å². The summed E-state index contributed by atoms with van der Waals surface area (Å²) in [7, 11) is 7.92. The van der Waals surface area contributed by atoms with Crippen LogP contribution >= 0.6 is 0 Å². The Labute approximate surface area is 69.5 Å². The van der Waals surface area contributed by atoms with Gasteiger partial charge in [0.1, 0.15) is 0 Å². The van der Waals surface area contributed by atoms with E-state index in [1.165, 1.54) is 0 Å². The number of methoxy groups -OCH3 is 1. The predicted octanol–water partition coefficient (Wildman–Crippen LogP) is 1.05. The van der Waals surface area contributed by atoms with Gasteiger partial charge in [0.15, 0.2) is 12.5 Å². The Bertz CT molecular complexity index is 109. The van der Waals surface area contributed by atoms with Crippen LogP contribution in [0.1, 0.15) is 13.8 Å². The summed E-state index contributed by atoms with van der Waals surface area (Å²) >= 11 is 0. The van der Waals surface area contributed by atoms with Crippen molar-refractivity contribution in [3.8, 4) is 0 Å². The van der Waals surface area contributed by atoms with E-state index in [2.05, 4.69) is 21.1 Å². The van der Waals surface area contributed by atoms with Gasteiger partial charge in [0.05, 0.1) is 21.1 Å². The lowest BCUT2D eigenvalue weighted by atomic mass is 10.5. The second kappa shape index (κ2) is 4.04. The first-order chi connectivity index (χ1) is 4.88. The molecule has 68 valence electrons. The van der Waals surface area contributed by atoms with Gasteiger partial charge in [-0.15, -0.1) is 0 Å². The van der Waals surface area contributed by atoms with Gasteiger partial charge in [-0.1, -0.05) is 0 Å². The summed E-state index contributed by atoms with van der Waals surface area (Å²) in [5.74, 6) is 0. The number of quaternary nitrogens is 1. The van der Waals surface area contributed by atoms with Gasteiger partial charge in [0.25, 0.3) is 0 Å². The van der Waals surface area contributed by atoms with Gasteiger partial charge < -0.3 is 14.0 Å². The van der Waals surface area contributed by atoms with E-state index >= 15 is 0 Å². The van der Waals surface area contributed by atoms with Gasteiger partial charge in [0.2, 0.25) is 0 Å². The fourth-order valence-electron chi connectivity index (χ4n) is 0.515. The minimum Gasteiger partial charge on any atom is -0.356 e. The van der Waals surface area contributed by atoms with Crippen LogP contribution in [0.25, 0.3) is 0 Å². The van der Waals surface area contributed by atoms with E-state index in [-0.39, 0.29) is 12.5 Å². The fraction of sp³-hybridized carbons (Fsp3) is 1.00. The molecule has 11 heavy (non-hydrogen) atoms. The zero-order valence-corrected chi connectivity index (χ0v) is 8.42. The Balaban J connectivity index is 3.77. The van der Waals surface area contributed by atoms with Crippen molar-refractivity contribution in [1.29, 1.82) is 0 Å². The van der Waals surface area contributed by atoms with Gasteiger partial charge in [0, 0.05) is 14.0 Å². The highest BCUT2D eigenvalue weighted by atomic mass is 16.7. The molecule has 0 rings (SSSR count). The van der Waals surface area contributed by atoms with Crippen LogP contribution in [0.15, 0.2) is 0 Å². The molecular formula is C8H20NO2+. The summed E-state index contributed by atoms with van der Waals surface area (Å²) < 4.78 is 11.3. The summed E-state index contributed by atoms with van der Waals surface area (Å²) in [5.41, 5.74) is 0. The number of ether oxygens (including phenoxy) is 2. The first-order valence-electron chi connectivity index (χ1n) is 3.87. The van der Waals surface area contributed by atoms with E-state index in [1.807, 2.05) is 13.8 Å². The van der Waals surface area contributed by atoms with Crippen LogP contribution in [0.3, 0.4) is 0 Å². The van der Waals surface area contributed by atoms with E-state index in [9.17, 15) is 0 Å². The summed E-state index contributed by atoms with van der Waals surface area (Å²) in [5, 5.41) is 0. The predicted molar refractivity (Wildman–Crippen MR) is 45.1 cm³/mol. The molecule has 0 saturated heterocycles. The van der Waals surface area contributed by atoms with Crippen LogP contribution in [-0.4, -0.2) is 45.3 Å². The monoisotopic (exact) mass is 162 g/mol. The minimum atomic E-state index is -0.123. The normalized spacial score (nSPS) is 18.0. The molecule has 0 heterocycles. The Hall–Kier alpha value is -0.120. The third-order valence-electron chi connectivity index (χ3n) is 1.81. The summed E-state index contributed by atoms with van der Waals surface area (Å²) in [6.45, 7) is 3.93. The van der Waals surface area contributed by atoms with Gasteiger partial charge in [-0.2, -0.15) is 0 Å². The van der Waals surface area contributed by atoms with E-state index < -0.39 is 0 Å². The molecule has 0 bridgehead atoms. The first kappa shape index (κ1) is 10.9. The van der Waals surface area contributed by atoms with Crippen molar-refractivity contribution in [2.24, 2.45) is 0 Å². The molecule has 0 aliphatic heterocycles. The Morgan fingerprint density at radius 2 is 1.55 bits per heavy atom. The second-order valence-corrected chi connectivity index (χ2v) is 3.65. The van der Waals surface area contributed by atoms with Gasteiger partial charge in [-0.25, -0.2) is 0 Å². The molecule has 0 fully saturated rings. The standard InChI is InChI=1S/C8H20NO2/c1-7(9(3,4)5)11-8(2)10-6/h7-8H,1-6H3/q+1. The van der Waals surface area contributed by atoms with Crippen molar-refractivity contribution < 1.29 is 14.0 Å². The van der Waals surface area contributed by atoms with E-state index in [4.69, 9.17) is 9.47 Å². The molecule has 0 aliphatic carbocycles. The molecule has 2 atom stereocenters. The minimum absolute atomic E-state index is 0.123. The van der Waals surface area contributed by atoms with Gasteiger partial charge in [-0.05, 0) is 6.92 Å². The summed E-state index contributed by atoms with van der Waals surface area (Å²) in [6.07, 6.45) is 0.0345. The molecule has 0 aromatic carbocycles. The van der Waals surface area contributed by atoms with Crippen LogP contribution in [-0.2, 0) is 9.47 Å². The van der Waals surface area contributed by atoms with E-state index in [1.54, 1.807) is 7.11 Å². The van der Waals surface area contributed by atoms with Crippen LogP contribution in [0, 0.1) is 0 Å². The summed E-state index contributed by atoms with van der Waals surface area (Å²) in [4.78, 5) is 0. The highest BCUT2D eigenvalue weighted by molar-refractivity contribution is 4.33. The van der Waals surface area contributed by atoms with E-state index in [0.717, 1.165) is 4.48 Å². The van der Waals surface area contributed by atoms with Crippen LogP contribution in [0.4, 0.5) is 0 Å². The van der Waals surface area contributed by atoms with Crippen molar-refractivity contribution >= 4 is 0 Å². The van der Waals surface area contributed by atoms with Crippen LogP contribution in [0.2, 0.25) is 0 Å². The molecule has 0 amide bonds. The molecule has 0 saturated carbocycles. The average molecular weight is 162 g/mol. The van der Waals surface area contributed by atoms with Crippen LogP contribution < -0.4 is 0 Å². The maximum Gasteiger partial charge on any atom is 0.192 e. The Morgan fingerprint density at radius 3 is 1.82 bits per heavy atom. The molecule has 0 aromatic heterocycles. The van der Waals surface area contributed by atoms with E-state index in [0.29, 0.717) is 0 Å². The smallest absolute Gasteiger partial charge is 0.192 e. The zero-order valence-electron chi connectivity index (χ0n) is 8.42. The molecule has 0 radical (unpaired) electrons. The third kappa shape index (κ3) is 4.35. The number of rotatable bonds is 4. The second-order valence-electron chi connectivity index (χ2n) is 3.65. The third-order valence-corrected chi connectivity index (χ3v) is 1.81. The maximum absolute atomic E-state index is 5.51. The van der Waals surface area contributed by atoms with Gasteiger partial charge >= 0.3 is 0 Å². The first-order valence-corrected chi connectivity index (χ1v) is 3.87. The average Bonchev–Trinajstić information content (AvgIpc) is 1.85. The lowest BCUT2D eigenvalue weighted by Gasteiger charge is -2.32. The van der Waals surface area contributed by atoms with Gasteiger partial charge in [-0.3, -0.25) is 0 Å². The SMILES string of the molecule is COC(C)OC(C)[N+](C)(C)C. The number of hydrogen-bond acceptors (Lipinski definition) is 2. The molecule has 3 heteroatoms. The van der Waals surface area contributed by atoms with Crippen molar-refractivity contribution in [3.63, 3.8) is 0 Å². The molecule has 0 spiro atoms. The van der Waals surface area contributed by atoms with Crippen molar-refractivity contribution in [3.05, 3.63) is 0 Å². The molecule has 3 nitrogen and oxygen atoms in total. The number of nitrogens with zero attached hydrogens (tertiary/aromatic N) is 1.